The van der Waals surface area contributed by atoms with E-state index in [9.17, 15) is 13.2 Å². The summed E-state index contributed by atoms with van der Waals surface area (Å²) in [5.74, 6) is 0.662. The molecule has 1 aromatic rings. The molecule has 0 atom stereocenters. The summed E-state index contributed by atoms with van der Waals surface area (Å²) in [5.41, 5.74) is 1.67. The van der Waals surface area contributed by atoms with Gasteiger partial charge in [0.25, 0.3) is 0 Å². The Bertz CT molecular complexity index is 807. The van der Waals surface area contributed by atoms with Crippen LogP contribution in [0.1, 0.15) is 62.0 Å². The molecule has 2 heterocycles. The number of carbonyl (C=O) groups excluding carboxylic acids is 1. The Morgan fingerprint density at radius 2 is 1.71 bits per heavy atom. The fourth-order valence-corrected chi connectivity index (χ4v) is 6.38. The van der Waals surface area contributed by atoms with E-state index in [1.54, 1.807) is 16.3 Å². The summed E-state index contributed by atoms with van der Waals surface area (Å²) >= 11 is 0. The van der Waals surface area contributed by atoms with Crippen molar-refractivity contribution >= 4 is 16.1 Å². The highest BCUT2D eigenvalue weighted by molar-refractivity contribution is 7.88. The molecule has 1 amide bonds. The van der Waals surface area contributed by atoms with Gasteiger partial charge in [-0.2, -0.15) is 0 Å². The SMILES string of the molecule is CN1CC2(CCN(S(=O)(=O)Cc3ccc(C4CCCCC4)cc3)CC2)OC1=O. The van der Waals surface area contributed by atoms with Crippen LogP contribution in [0.3, 0.4) is 0 Å². The lowest BCUT2D eigenvalue weighted by Crippen LogP contribution is -2.48. The van der Waals surface area contributed by atoms with E-state index < -0.39 is 15.6 Å². The quantitative estimate of drug-likeness (QED) is 0.768. The van der Waals surface area contributed by atoms with Crippen molar-refractivity contribution in [1.82, 2.24) is 9.21 Å². The zero-order valence-electron chi connectivity index (χ0n) is 16.6. The predicted molar refractivity (Wildman–Crippen MR) is 108 cm³/mol. The van der Waals surface area contributed by atoms with Crippen molar-refractivity contribution in [3.63, 3.8) is 0 Å². The monoisotopic (exact) mass is 406 g/mol. The van der Waals surface area contributed by atoms with Gasteiger partial charge in [0, 0.05) is 33.0 Å². The molecule has 1 aromatic carbocycles. The van der Waals surface area contributed by atoms with E-state index >= 15 is 0 Å². The van der Waals surface area contributed by atoms with E-state index in [1.807, 2.05) is 12.1 Å². The maximum Gasteiger partial charge on any atom is 0.410 e. The van der Waals surface area contributed by atoms with Gasteiger partial charge in [-0.25, -0.2) is 17.5 Å². The van der Waals surface area contributed by atoms with Crippen LogP contribution in [0.2, 0.25) is 0 Å². The lowest BCUT2D eigenvalue weighted by Gasteiger charge is -2.36. The van der Waals surface area contributed by atoms with Gasteiger partial charge >= 0.3 is 6.09 Å². The molecule has 1 spiro atoms. The van der Waals surface area contributed by atoms with Crippen molar-refractivity contribution in [1.29, 1.82) is 0 Å². The lowest BCUT2D eigenvalue weighted by atomic mass is 9.84. The van der Waals surface area contributed by atoms with Crippen molar-refractivity contribution in [2.24, 2.45) is 0 Å². The molecular weight excluding hydrogens is 376 g/mol. The van der Waals surface area contributed by atoms with Crippen molar-refractivity contribution in [2.45, 2.75) is 62.2 Å². The van der Waals surface area contributed by atoms with Gasteiger partial charge in [0.15, 0.2) is 0 Å². The van der Waals surface area contributed by atoms with Gasteiger partial charge in [-0.15, -0.1) is 0 Å². The molecule has 3 aliphatic rings. The average Bonchev–Trinajstić information content (AvgIpc) is 2.96. The lowest BCUT2D eigenvalue weighted by molar-refractivity contribution is 0.0172. The third-order valence-electron chi connectivity index (χ3n) is 6.57. The van der Waals surface area contributed by atoms with E-state index in [2.05, 4.69) is 12.1 Å². The molecule has 28 heavy (non-hydrogen) atoms. The van der Waals surface area contributed by atoms with Gasteiger partial charge in [0.05, 0.1) is 12.3 Å². The van der Waals surface area contributed by atoms with Crippen LogP contribution in [0.5, 0.6) is 0 Å². The molecule has 2 aliphatic heterocycles. The highest BCUT2D eigenvalue weighted by Crippen LogP contribution is 2.35. The number of sulfonamides is 1. The average molecular weight is 407 g/mol. The number of rotatable bonds is 4. The van der Waals surface area contributed by atoms with Gasteiger partial charge in [-0.1, -0.05) is 43.5 Å². The van der Waals surface area contributed by atoms with Crippen LogP contribution in [0.15, 0.2) is 24.3 Å². The number of likely N-dealkylation sites (N-methyl/N-ethyl adjacent to an activating group) is 1. The van der Waals surface area contributed by atoms with Crippen molar-refractivity contribution in [2.75, 3.05) is 26.7 Å². The number of amides is 1. The van der Waals surface area contributed by atoms with E-state index in [0.717, 1.165) is 5.56 Å². The minimum Gasteiger partial charge on any atom is -0.441 e. The fraction of sp³-hybridized carbons (Fsp3) is 0.667. The Morgan fingerprint density at radius 1 is 1.07 bits per heavy atom. The first-order valence-electron chi connectivity index (χ1n) is 10.4. The van der Waals surface area contributed by atoms with Crippen molar-refractivity contribution in [3.8, 4) is 0 Å². The summed E-state index contributed by atoms with van der Waals surface area (Å²) in [6.45, 7) is 1.36. The molecule has 154 valence electrons. The van der Waals surface area contributed by atoms with Gasteiger partial charge in [0.2, 0.25) is 10.0 Å². The first-order chi connectivity index (χ1) is 13.4. The van der Waals surface area contributed by atoms with Crippen molar-refractivity contribution in [3.05, 3.63) is 35.4 Å². The second kappa shape index (κ2) is 7.67. The summed E-state index contributed by atoms with van der Waals surface area (Å²) in [7, 11) is -1.65. The molecule has 2 saturated heterocycles. The van der Waals surface area contributed by atoms with E-state index in [0.29, 0.717) is 38.4 Å². The Balaban J connectivity index is 1.36. The molecular formula is C21H30N2O4S. The maximum absolute atomic E-state index is 12.9. The second-order valence-electron chi connectivity index (χ2n) is 8.64. The fourth-order valence-electron chi connectivity index (χ4n) is 4.85. The molecule has 6 nitrogen and oxygen atoms in total. The Hall–Kier alpha value is -1.60. The largest absolute Gasteiger partial charge is 0.441 e. The first-order valence-corrected chi connectivity index (χ1v) is 12.0. The number of carbonyl (C=O) groups is 1. The molecule has 0 bridgehead atoms. The zero-order chi connectivity index (χ0) is 19.8. The minimum absolute atomic E-state index is 0.0324. The van der Waals surface area contributed by atoms with Crippen LogP contribution in [0, 0.1) is 0 Å². The molecule has 1 saturated carbocycles. The number of hydrogen-bond acceptors (Lipinski definition) is 4. The van der Waals surface area contributed by atoms with Crippen LogP contribution in [-0.2, 0) is 20.5 Å². The standard InChI is InChI=1S/C21H30N2O4S/c1-22-16-21(27-20(22)24)11-13-23(14-12-21)28(25,26)15-17-7-9-19(10-8-17)18-5-3-2-4-6-18/h7-10,18H,2-6,11-16H2,1H3. The van der Waals surface area contributed by atoms with Gasteiger partial charge in [-0.3, -0.25) is 0 Å². The number of nitrogens with zero attached hydrogens (tertiary/aromatic N) is 2. The van der Waals surface area contributed by atoms with Gasteiger partial charge in [-0.05, 0) is 29.9 Å². The normalized spacial score (nSPS) is 23.9. The number of piperidine rings is 1. The second-order valence-corrected chi connectivity index (χ2v) is 10.6. The third-order valence-corrected chi connectivity index (χ3v) is 8.42. The Kier molecular flexibility index (Phi) is 5.40. The van der Waals surface area contributed by atoms with Crippen LogP contribution in [0.4, 0.5) is 4.79 Å². The molecule has 0 radical (unpaired) electrons. The molecule has 3 fully saturated rings. The summed E-state index contributed by atoms with van der Waals surface area (Å²) in [5, 5.41) is 0. The molecule has 1 aliphatic carbocycles. The molecule has 0 aromatic heterocycles. The predicted octanol–water partition coefficient (Wildman–Crippen LogP) is 3.48. The van der Waals surface area contributed by atoms with E-state index in [-0.39, 0.29) is 11.8 Å². The number of hydrogen-bond donors (Lipinski definition) is 0. The molecule has 4 rings (SSSR count). The van der Waals surface area contributed by atoms with E-state index in [4.69, 9.17) is 4.74 Å². The van der Waals surface area contributed by atoms with Crippen LogP contribution >= 0.6 is 0 Å². The van der Waals surface area contributed by atoms with Crippen LogP contribution < -0.4 is 0 Å². The maximum atomic E-state index is 12.9. The Labute approximate surface area is 167 Å². The first kappa shape index (κ1) is 19.7. The topological polar surface area (TPSA) is 66.9 Å². The van der Waals surface area contributed by atoms with Crippen LogP contribution in [-0.4, -0.2) is 56.0 Å². The van der Waals surface area contributed by atoms with Gasteiger partial charge in [0.1, 0.15) is 5.60 Å². The van der Waals surface area contributed by atoms with Crippen LogP contribution in [0.25, 0.3) is 0 Å². The summed E-state index contributed by atoms with van der Waals surface area (Å²) < 4.78 is 32.8. The molecule has 0 unspecified atom stereocenters. The molecule has 7 heteroatoms. The van der Waals surface area contributed by atoms with Gasteiger partial charge < -0.3 is 9.64 Å². The Morgan fingerprint density at radius 3 is 2.29 bits per heavy atom. The summed E-state index contributed by atoms with van der Waals surface area (Å²) in [6, 6.07) is 8.17. The summed E-state index contributed by atoms with van der Waals surface area (Å²) in [6.07, 6.45) is 7.21. The number of benzene rings is 1. The highest BCUT2D eigenvalue weighted by atomic mass is 32.2. The smallest absolute Gasteiger partial charge is 0.410 e. The van der Waals surface area contributed by atoms with E-state index in [1.165, 1.54) is 37.7 Å². The van der Waals surface area contributed by atoms with Crippen molar-refractivity contribution < 1.29 is 17.9 Å². The highest BCUT2D eigenvalue weighted by Gasteiger charge is 2.47. The molecule has 0 N–H and O–H groups in total. The third kappa shape index (κ3) is 4.06. The minimum atomic E-state index is -3.37. The zero-order valence-corrected chi connectivity index (χ0v) is 17.4. The number of ether oxygens (including phenoxy) is 1. The summed E-state index contributed by atoms with van der Waals surface area (Å²) in [4.78, 5) is 13.2.